The number of carbonyl (C=O) groups excluding carboxylic acids is 1. The third kappa shape index (κ3) is 4.06. The molecule has 0 heterocycles. The zero-order chi connectivity index (χ0) is 9.84. The highest BCUT2D eigenvalue weighted by Crippen LogP contribution is 2.28. The third-order valence-electron chi connectivity index (χ3n) is 2.01. The second-order valence-corrected chi connectivity index (χ2v) is 4.20. The fraction of sp³-hybridized carbons (Fsp3) is 0.800. The van der Waals surface area contributed by atoms with Crippen molar-refractivity contribution in [2.75, 3.05) is 0 Å². The molecule has 1 N–H and O–H groups in total. The molecule has 1 saturated carbocycles. The fourth-order valence-electron chi connectivity index (χ4n) is 1.22. The molecule has 0 aromatic carbocycles. The highest BCUT2D eigenvalue weighted by atomic mass is 16.2. The van der Waals surface area contributed by atoms with Gasteiger partial charge in [-0.2, -0.15) is 5.10 Å². The van der Waals surface area contributed by atoms with Gasteiger partial charge in [-0.3, -0.25) is 4.79 Å². The molecule has 3 heteroatoms. The first-order valence-electron chi connectivity index (χ1n) is 4.92. The van der Waals surface area contributed by atoms with E-state index in [1.54, 1.807) is 0 Å². The van der Waals surface area contributed by atoms with E-state index in [4.69, 9.17) is 0 Å². The van der Waals surface area contributed by atoms with Crippen molar-refractivity contribution >= 4 is 11.6 Å². The molecule has 3 nitrogen and oxygen atoms in total. The molecule has 0 unspecified atom stereocenters. The molecule has 1 rings (SSSR count). The van der Waals surface area contributed by atoms with Crippen LogP contribution in [0.5, 0.6) is 0 Å². The van der Waals surface area contributed by atoms with Crippen LogP contribution in [0.1, 0.15) is 40.0 Å². The van der Waals surface area contributed by atoms with Crippen LogP contribution < -0.4 is 5.43 Å². The van der Waals surface area contributed by atoms with Crippen LogP contribution in [-0.2, 0) is 4.79 Å². The van der Waals surface area contributed by atoms with Gasteiger partial charge in [-0.1, -0.05) is 13.8 Å². The van der Waals surface area contributed by atoms with Crippen molar-refractivity contribution in [2.45, 2.75) is 40.0 Å². The lowest BCUT2D eigenvalue weighted by atomic mass is 10.1. The van der Waals surface area contributed by atoms with Gasteiger partial charge < -0.3 is 0 Å². The summed E-state index contributed by atoms with van der Waals surface area (Å²) in [7, 11) is 0. The smallest absolute Gasteiger partial charge is 0.243 e. The Labute approximate surface area is 79.6 Å². The highest BCUT2D eigenvalue weighted by Gasteiger charge is 2.29. The van der Waals surface area contributed by atoms with Crippen molar-refractivity contribution in [3.8, 4) is 0 Å². The van der Waals surface area contributed by atoms with Crippen LogP contribution in [-0.4, -0.2) is 11.6 Å². The highest BCUT2D eigenvalue weighted by molar-refractivity contribution is 5.85. The van der Waals surface area contributed by atoms with Crippen LogP contribution >= 0.6 is 0 Å². The molecule has 0 spiro atoms. The summed E-state index contributed by atoms with van der Waals surface area (Å²) >= 11 is 0. The summed E-state index contributed by atoms with van der Waals surface area (Å²) in [6.07, 6.45) is 3.01. The minimum absolute atomic E-state index is 0.0862. The second-order valence-electron chi connectivity index (χ2n) is 4.20. The molecule has 0 saturated heterocycles. The van der Waals surface area contributed by atoms with Crippen LogP contribution in [0.2, 0.25) is 0 Å². The largest absolute Gasteiger partial charge is 0.273 e. The molecule has 1 amide bonds. The summed E-state index contributed by atoms with van der Waals surface area (Å²) in [4.78, 5) is 11.2. The second kappa shape index (κ2) is 4.40. The minimum Gasteiger partial charge on any atom is -0.273 e. The predicted octanol–water partition coefficient (Wildman–Crippen LogP) is 1.93. The fourth-order valence-corrected chi connectivity index (χ4v) is 1.22. The zero-order valence-electron chi connectivity index (χ0n) is 8.63. The van der Waals surface area contributed by atoms with Gasteiger partial charge in [0.2, 0.25) is 5.91 Å². The summed E-state index contributed by atoms with van der Waals surface area (Å²) in [6.45, 7) is 6.23. The first-order chi connectivity index (χ1) is 6.09. The molecule has 0 bridgehead atoms. The van der Waals surface area contributed by atoms with Gasteiger partial charge in [0.05, 0.1) is 0 Å². The van der Waals surface area contributed by atoms with E-state index in [1.807, 2.05) is 6.92 Å². The molecule has 0 radical (unpaired) electrons. The first kappa shape index (κ1) is 10.2. The molecule has 74 valence electrons. The van der Waals surface area contributed by atoms with Gasteiger partial charge in [0, 0.05) is 11.6 Å². The van der Waals surface area contributed by atoms with Crippen molar-refractivity contribution in [3.63, 3.8) is 0 Å². The molecule has 1 aliphatic carbocycles. The lowest BCUT2D eigenvalue weighted by molar-refractivity contribution is -0.122. The zero-order valence-corrected chi connectivity index (χ0v) is 8.63. The van der Waals surface area contributed by atoms with Crippen LogP contribution in [0.25, 0.3) is 0 Å². The number of carbonyl (C=O) groups is 1. The van der Waals surface area contributed by atoms with E-state index in [9.17, 15) is 4.79 Å². The molecular formula is C10H18N2O. The molecular weight excluding hydrogens is 164 g/mol. The molecule has 1 aliphatic rings. The summed E-state index contributed by atoms with van der Waals surface area (Å²) in [5, 5.41) is 4.04. The Bertz CT molecular complexity index is 217. The van der Waals surface area contributed by atoms with Crippen molar-refractivity contribution in [2.24, 2.45) is 16.9 Å². The van der Waals surface area contributed by atoms with Gasteiger partial charge in [0.25, 0.3) is 0 Å². The van der Waals surface area contributed by atoms with Crippen molar-refractivity contribution in [1.29, 1.82) is 0 Å². The molecule has 1 fully saturated rings. The normalized spacial score (nSPS) is 17.7. The standard InChI is InChI=1S/C10H18N2O/c1-7(2)6-8(3)11-12-10(13)9-4-5-9/h7,9H,4-6H2,1-3H3,(H,12,13). The van der Waals surface area contributed by atoms with Crippen LogP contribution in [0, 0.1) is 11.8 Å². The number of amides is 1. The maximum Gasteiger partial charge on any atom is 0.243 e. The Morgan fingerprint density at radius 2 is 2.15 bits per heavy atom. The average Bonchev–Trinajstić information content (AvgIpc) is 2.80. The Hall–Kier alpha value is -0.860. The van der Waals surface area contributed by atoms with Gasteiger partial charge in [0.1, 0.15) is 0 Å². The van der Waals surface area contributed by atoms with E-state index in [-0.39, 0.29) is 11.8 Å². The van der Waals surface area contributed by atoms with Crippen molar-refractivity contribution in [1.82, 2.24) is 5.43 Å². The van der Waals surface area contributed by atoms with E-state index in [0.717, 1.165) is 25.0 Å². The summed E-state index contributed by atoms with van der Waals surface area (Å²) in [5.41, 5.74) is 3.60. The van der Waals surface area contributed by atoms with Crippen LogP contribution in [0.3, 0.4) is 0 Å². The van der Waals surface area contributed by atoms with Gasteiger partial charge in [-0.05, 0) is 32.1 Å². The number of hydrogen-bond donors (Lipinski definition) is 1. The summed E-state index contributed by atoms with van der Waals surface area (Å²) in [5.74, 6) is 0.931. The quantitative estimate of drug-likeness (QED) is 0.524. The molecule has 0 aromatic heterocycles. The topological polar surface area (TPSA) is 41.5 Å². The molecule has 0 atom stereocenters. The number of hydrazone groups is 1. The van der Waals surface area contributed by atoms with Crippen molar-refractivity contribution in [3.05, 3.63) is 0 Å². The van der Waals surface area contributed by atoms with Gasteiger partial charge in [-0.25, -0.2) is 5.43 Å². The van der Waals surface area contributed by atoms with Crippen LogP contribution in [0.4, 0.5) is 0 Å². The third-order valence-corrected chi connectivity index (χ3v) is 2.01. The number of rotatable bonds is 4. The Kier molecular flexibility index (Phi) is 3.46. The maximum atomic E-state index is 11.2. The van der Waals surface area contributed by atoms with E-state index in [2.05, 4.69) is 24.4 Å². The average molecular weight is 182 g/mol. The molecule has 0 aromatic rings. The number of hydrogen-bond acceptors (Lipinski definition) is 2. The van der Waals surface area contributed by atoms with E-state index in [0.29, 0.717) is 5.92 Å². The van der Waals surface area contributed by atoms with Gasteiger partial charge in [0.15, 0.2) is 0 Å². The van der Waals surface area contributed by atoms with Crippen molar-refractivity contribution < 1.29 is 4.79 Å². The SMILES string of the molecule is CC(CC(C)C)=NNC(=O)C1CC1. The Morgan fingerprint density at radius 1 is 1.54 bits per heavy atom. The monoisotopic (exact) mass is 182 g/mol. The Balaban J connectivity index is 2.24. The van der Waals surface area contributed by atoms with E-state index >= 15 is 0 Å². The predicted molar refractivity (Wildman–Crippen MR) is 53.4 cm³/mol. The molecule has 13 heavy (non-hydrogen) atoms. The Morgan fingerprint density at radius 3 is 2.62 bits per heavy atom. The summed E-state index contributed by atoms with van der Waals surface area (Å²) < 4.78 is 0. The van der Waals surface area contributed by atoms with Gasteiger partial charge in [-0.15, -0.1) is 0 Å². The number of nitrogens with one attached hydrogen (secondary N) is 1. The molecule has 0 aliphatic heterocycles. The maximum absolute atomic E-state index is 11.2. The van der Waals surface area contributed by atoms with E-state index in [1.165, 1.54) is 0 Å². The lowest BCUT2D eigenvalue weighted by Gasteiger charge is -2.03. The van der Waals surface area contributed by atoms with Gasteiger partial charge >= 0.3 is 0 Å². The first-order valence-corrected chi connectivity index (χ1v) is 4.92. The van der Waals surface area contributed by atoms with Crippen LogP contribution in [0.15, 0.2) is 5.10 Å². The minimum atomic E-state index is 0.0862. The number of nitrogens with zero attached hydrogens (tertiary/aromatic N) is 1. The van der Waals surface area contributed by atoms with E-state index < -0.39 is 0 Å². The summed E-state index contributed by atoms with van der Waals surface area (Å²) in [6, 6.07) is 0. The lowest BCUT2D eigenvalue weighted by Crippen LogP contribution is -2.20.